The normalized spacial score (nSPS) is 10.7. The topological polar surface area (TPSA) is 86.9 Å². The average Bonchev–Trinajstić information content (AvgIpc) is 3.37. The molecule has 8 nitrogen and oxygen atoms in total. The minimum absolute atomic E-state index is 0.115. The van der Waals surface area contributed by atoms with E-state index in [-0.39, 0.29) is 18.4 Å². The molecule has 2 aromatic heterocycles. The largest absolute Gasteiger partial charge is 0.470 e. The summed E-state index contributed by atoms with van der Waals surface area (Å²) in [5.41, 5.74) is 1.19. The van der Waals surface area contributed by atoms with Gasteiger partial charge in [-0.3, -0.25) is 10.1 Å². The van der Waals surface area contributed by atoms with Gasteiger partial charge in [-0.25, -0.2) is 14.3 Å². The van der Waals surface area contributed by atoms with Gasteiger partial charge >= 0.3 is 0 Å². The monoisotopic (exact) mass is 442 g/mol. The van der Waals surface area contributed by atoms with E-state index in [0.717, 1.165) is 5.56 Å². The number of carbonyl (C=O) groups is 1. The lowest BCUT2D eigenvalue weighted by atomic mass is 10.2. The summed E-state index contributed by atoms with van der Waals surface area (Å²) in [5.74, 6) is 0.297. The van der Waals surface area contributed by atoms with Crippen molar-refractivity contribution in [3.05, 3.63) is 88.4 Å². The van der Waals surface area contributed by atoms with Crippen molar-refractivity contribution < 1.29 is 9.53 Å². The predicted octanol–water partition coefficient (Wildman–Crippen LogP) is 4.12. The molecule has 4 rings (SSSR count). The van der Waals surface area contributed by atoms with Crippen LogP contribution in [0.25, 0.3) is 0 Å². The first-order valence-electron chi connectivity index (χ1n) is 8.93. The number of para-hydroxylation sites is 1. The van der Waals surface area contributed by atoms with Crippen LogP contribution >= 0.6 is 23.2 Å². The number of anilines is 1. The molecule has 0 saturated heterocycles. The summed E-state index contributed by atoms with van der Waals surface area (Å²) in [6.45, 7) is 0.598. The molecule has 0 aliphatic carbocycles. The zero-order chi connectivity index (χ0) is 20.9. The third kappa shape index (κ3) is 4.97. The molecule has 0 unspecified atom stereocenters. The summed E-state index contributed by atoms with van der Waals surface area (Å²) in [5, 5.41) is 12.2. The van der Waals surface area contributed by atoms with Gasteiger partial charge in [0.1, 0.15) is 12.1 Å². The standard InChI is InChI=1S/C20H16Cl2N6O2/c21-15-5-3-4-14(10-15)11-28-12-23-20(26-28)24-19(29)17-8-9-27(25-17)13-30-18-7-2-1-6-16(18)22/h1-10,12H,11,13H2,(H,24,26,29). The maximum absolute atomic E-state index is 12.4. The van der Waals surface area contributed by atoms with Gasteiger partial charge in [-0.1, -0.05) is 47.5 Å². The molecule has 0 aliphatic heterocycles. The number of nitrogens with zero attached hydrogens (tertiary/aromatic N) is 5. The molecule has 0 bridgehead atoms. The number of carbonyl (C=O) groups excluding carboxylic acids is 1. The van der Waals surface area contributed by atoms with Gasteiger partial charge in [0.25, 0.3) is 5.91 Å². The van der Waals surface area contributed by atoms with Gasteiger partial charge in [0.05, 0.1) is 11.6 Å². The van der Waals surface area contributed by atoms with E-state index in [0.29, 0.717) is 22.3 Å². The van der Waals surface area contributed by atoms with Crippen molar-refractivity contribution in [2.75, 3.05) is 5.32 Å². The van der Waals surface area contributed by atoms with E-state index in [4.69, 9.17) is 27.9 Å². The van der Waals surface area contributed by atoms with Crippen LogP contribution in [0.2, 0.25) is 10.0 Å². The van der Waals surface area contributed by atoms with Crippen LogP contribution < -0.4 is 10.1 Å². The number of rotatable bonds is 7. The number of halogens is 2. The summed E-state index contributed by atoms with van der Waals surface area (Å²) in [7, 11) is 0. The molecule has 152 valence electrons. The third-order valence-corrected chi connectivity index (χ3v) is 4.61. The average molecular weight is 443 g/mol. The summed E-state index contributed by atoms with van der Waals surface area (Å²) in [6, 6.07) is 16.1. The second kappa shape index (κ2) is 8.98. The first-order valence-corrected chi connectivity index (χ1v) is 9.68. The van der Waals surface area contributed by atoms with Gasteiger partial charge in [0.15, 0.2) is 12.4 Å². The minimum atomic E-state index is -0.424. The minimum Gasteiger partial charge on any atom is -0.470 e. The van der Waals surface area contributed by atoms with Crippen molar-refractivity contribution in [2.24, 2.45) is 0 Å². The van der Waals surface area contributed by atoms with E-state index in [1.807, 2.05) is 30.3 Å². The molecule has 10 heteroatoms. The van der Waals surface area contributed by atoms with Crippen LogP contribution in [0.5, 0.6) is 5.75 Å². The summed E-state index contributed by atoms with van der Waals surface area (Å²) in [4.78, 5) is 16.5. The van der Waals surface area contributed by atoms with Gasteiger partial charge < -0.3 is 4.74 Å². The fourth-order valence-corrected chi connectivity index (χ4v) is 3.07. The van der Waals surface area contributed by atoms with Gasteiger partial charge in [-0.15, -0.1) is 5.10 Å². The third-order valence-electron chi connectivity index (χ3n) is 4.06. The maximum Gasteiger partial charge on any atom is 0.278 e. The predicted molar refractivity (Wildman–Crippen MR) is 113 cm³/mol. The van der Waals surface area contributed by atoms with Gasteiger partial charge in [-0.2, -0.15) is 5.10 Å². The van der Waals surface area contributed by atoms with Crippen LogP contribution in [0.3, 0.4) is 0 Å². The molecule has 2 aromatic carbocycles. The fourth-order valence-electron chi connectivity index (χ4n) is 2.67. The van der Waals surface area contributed by atoms with E-state index < -0.39 is 5.91 Å². The Labute approximate surface area is 182 Å². The Morgan fingerprint density at radius 3 is 2.73 bits per heavy atom. The lowest BCUT2D eigenvalue weighted by Gasteiger charge is -2.07. The molecule has 0 atom stereocenters. The first kappa shape index (κ1) is 19.9. The zero-order valence-electron chi connectivity index (χ0n) is 15.6. The van der Waals surface area contributed by atoms with Gasteiger partial charge in [-0.05, 0) is 35.9 Å². The van der Waals surface area contributed by atoms with Crippen molar-refractivity contribution in [1.82, 2.24) is 24.5 Å². The number of hydrogen-bond acceptors (Lipinski definition) is 5. The van der Waals surface area contributed by atoms with E-state index in [2.05, 4.69) is 20.5 Å². The Morgan fingerprint density at radius 1 is 1.03 bits per heavy atom. The van der Waals surface area contributed by atoms with Crippen molar-refractivity contribution in [3.63, 3.8) is 0 Å². The molecule has 0 saturated carbocycles. The number of ether oxygens (including phenoxy) is 1. The molecule has 0 spiro atoms. The molecule has 2 heterocycles. The summed E-state index contributed by atoms with van der Waals surface area (Å²) in [6.07, 6.45) is 3.17. The molecule has 0 radical (unpaired) electrons. The smallest absolute Gasteiger partial charge is 0.278 e. The molecule has 30 heavy (non-hydrogen) atoms. The molecule has 1 amide bonds. The second-order valence-electron chi connectivity index (χ2n) is 6.29. The van der Waals surface area contributed by atoms with E-state index in [1.54, 1.807) is 35.1 Å². The highest BCUT2D eigenvalue weighted by Crippen LogP contribution is 2.23. The van der Waals surface area contributed by atoms with Crippen molar-refractivity contribution in [3.8, 4) is 5.75 Å². The van der Waals surface area contributed by atoms with Crippen LogP contribution in [-0.4, -0.2) is 30.5 Å². The van der Waals surface area contributed by atoms with E-state index >= 15 is 0 Å². The number of amides is 1. The van der Waals surface area contributed by atoms with Crippen molar-refractivity contribution in [1.29, 1.82) is 0 Å². The van der Waals surface area contributed by atoms with Crippen LogP contribution in [-0.2, 0) is 13.3 Å². The molecular weight excluding hydrogens is 427 g/mol. The molecule has 4 aromatic rings. The number of nitrogens with one attached hydrogen (secondary N) is 1. The Kier molecular flexibility index (Phi) is 5.97. The SMILES string of the molecule is O=C(Nc1ncn(Cc2cccc(Cl)c2)n1)c1ccn(COc2ccccc2Cl)n1. The molecule has 1 N–H and O–H groups in total. The molecular formula is C20H16Cl2N6O2. The molecule has 0 aliphatic rings. The van der Waals surface area contributed by atoms with Gasteiger partial charge in [0, 0.05) is 11.2 Å². The highest BCUT2D eigenvalue weighted by molar-refractivity contribution is 6.32. The van der Waals surface area contributed by atoms with Crippen molar-refractivity contribution in [2.45, 2.75) is 13.3 Å². The number of hydrogen-bond donors (Lipinski definition) is 1. The van der Waals surface area contributed by atoms with Crippen LogP contribution in [0.1, 0.15) is 16.1 Å². The lowest BCUT2D eigenvalue weighted by Crippen LogP contribution is -2.15. The highest BCUT2D eigenvalue weighted by Gasteiger charge is 2.13. The van der Waals surface area contributed by atoms with Crippen molar-refractivity contribution >= 4 is 35.1 Å². The second-order valence-corrected chi connectivity index (χ2v) is 7.14. The Morgan fingerprint density at radius 2 is 1.90 bits per heavy atom. The van der Waals surface area contributed by atoms with Crippen LogP contribution in [0.4, 0.5) is 5.95 Å². The van der Waals surface area contributed by atoms with E-state index in [1.165, 1.54) is 11.0 Å². The Bertz CT molecular complexity index is 1170. The van der Waals surface area contributed by atoms with Gasteiger partial charge in [0.2, 0.25) is 5.95 Å². The number of aromatic nitrogens is 5. The lowest BCUT2D eigenvalue weighted by molar-refractivity contribution is 0.101. The molecule has 0 fully saturated rings. The Balaban J connectivity index is 1.34. The highest BCUT2D eigenvalue weighted by atomic mass is 35.5. The first-order chi connectivity index (χ1) is 14.6. The quantitative estimate of drug-likeness (QED) is 0.465. The van der Waals surface area contributed by atoms with Crippen LogP contribution in [0.15, 0.2) is 67.1 Å². The number of benzene rings is 2. The van der Waals surface area contributed by atoms with Crippen LogP contribution in [0, 0.1) is 0 Å². The summed E-state index contributed by atoms with van der Waals surface area (Å²) >= 11 is 12.0. The van der Waals surface area contributed by atoms with E-state index in [9.17, 15) is 4.79 Å². The zero-order valence-corrected chi connectivity index (χ0v) is 17.1. The fraction of sp³-hybridized carbons (Fsp3) is 0.100. The maximum atomic E-state index is 12.4. The summed E-state index contributed by atoms with van der Waals surface area (Å²) < 4.78 is 8.70. The Hall–Kier alpha value is -3.36.